The highest BCUT2D eigenvalue weighted by Gasteiger charge is 2.48. The lowest BCUT2D eigenvalue weighted by atomic mass is 9.67. The molecule has 2 fully saturated rings. The summed E-state index contributed by atoms with van der Waals surface area (Å²) in [5.41, 5.74) is 0.770. The summed E-state index contributed by atoms with van der Waals surface area (Å²) < 4.78 is 30.6. The molecule has 2 saturated carbocycles. The van der Waals surface area contributed by atoms with Crippen molar-refractivity contribution >= 4 is 15.9 Å². The highest BCUT2D eigenvalue weighted by molar-refractivity contribution is 7.88. The van der Waals surface area contributed by atoms with E-state index < -0.39 is 10.2 Å². The minimum absolute atomic E-state index is 0.186. The lowest BCUT2D eigenvalue weighted by molar-refractivity contribution is 0.195. The fourth-order valence-electron chi connectivity index (χ4n) is 3.84. The van der Waals surface area contributed by atoms with Crippen LogP contribution in [-0.2, 0) is 10.2 Å². The Morgan fingerprint density at radius 2 is 1.88 bits per heavy atom. The van der Waals surface area contributed by atoms with Crippen LogP contribution in [0.3, 0.4) is 0 Å². The molecule has 4 nitrogen and oxygen atoms in total. The molecule has 1 unspecified atom stereocenters. The van der Waals surface area contributed by atoms with Gasteiger partial charge in [0.2, 0.25) is 0 Å². The first-order valence-electron chi connectivity index (χ1n) is 6.74. The second-order valence-corrected chi connectivity index (χ2v) is 7.01. The quantitative estimate of drug-likeness (QED) is 0.722. The van der Waals surface area contributed by atoms with Crippen molar-refractivity contribution in [3.63, 3.8) is 0 Å². The zero-order valence-corrected chi connectivity index (χ0v) is 10.9. The maximum absolute atomic E-state index is 11.9. The second-order valence-electron chi connectivity index (χ2n) is 5.67. The topological polar surface area (TPSA) is 58.5 Å². The Kier molecular flexibility index (Phi) is 2.78. The summed E-state index contributed by atoms with van der Waals surface area (Å²) in [4.78, 5) is 0. The maximum atomic E-state index is 11.9. The Hall–Kier alpha value is -0.420. The average Bonchev–Trinajstić information content (AvgIpc) is 2.28. The third-order valence-corrected chi connectivity index (χ3v) is 5.70. The van der Waals surface area contributed by atoms with Crippen LogP contribution in [0.25, 0.3) is 0 Å². The van der Waals surface area contributed by atoms with Crippen molar-refractivity contribution in [3.05, 3.63) is 0 Å². The van der Waals surface area contributed by atoms with Gasteiger partial charge >= 0.3 is 10.2 Å². The van der Waals surface area contributed by atoms with Crippen molar-refractivity contribution in [3.8, 4) is 0 Å². The van der Waals surface area contributed by atoms with Gasteiger partial charge in [0.15, 0.2) is 0 Å². The molecule has 17 heavy (non-hydrogen) atoms. The normalized spacial score (nSPS) is 35.1. The number of nitrogens with zero attached hydrogens (tertiary/aromatic N) is 1. The molecule has 0 bridgehead atoms. The lowest BCUT2D eigenvalue weighted by Crippen LogP contribution is -2.60. The molecule has 3 rings (SSSR count). The van der Waals surface area contributed by atoms with Crippen molar-refractivity contribution in [2.75, 3.05) is 0 Å². The van der Waals surface area contributed by atoms with E-state index in [0.717, 1.165) is 50.7 Å². The van der Waals surface area contributed by atoms with Gasteiger partial charge in [0.1, 0.15) is 0 Å². The number of rotatable bonds is 0. The summed E-state index contributed by atoms with van der Waals surface area (Å²) in [6.45, 7) is 0. The summed E-state index contributed by atoms with van der Waals surface area (Å²) in [5, 5.41) is 0. The monoisotopic (exact) mass is 256 g/mol. The van der Waals surface area contributed by atoms with Crippen LogP contribution in [0.4, 0.5) is 0 Å². The molecule has 0 radical (unpaired) electrons. The highest BCUT2D eigenvalue weighted by atomic mass is 32.2. The van der Waals surface area contributed by atoms with E-state index in [-0.39, 0.29) is 5.54 Å². The molecule has 0 saturated heterocycles. The van der Waals surface area contributed by atoms with Crippen molar-refractivity contribution in [1.82, 2.24) is 4.72 Å². The van der Waals surface area contributed by atoms with Crippen molar-refractivity contribution in [1.29, 1.82) is 0 Å². The largest absolute Gasteiger partial charge is 0.320 e. The van der Waals surface area contributed by atoms with Gasteiger partial charge in [-0.3, -0.25) is 0 Å². The smallest absolute Gasteiger partial charge is 0.189 e. The standard InChI is InChI=1S/C12H20N2O2S/c15-17(16)13-11-7-3-2-6-10(11)12(14-17)8-4-1-5-9-12/h10,14H,1-9H2. The van der Waals surface area contributed by atoms with Crippen LogP contribution in [0.5, 0.6) is 0 Å². The molecule has 5 heteroatoms. The molecule has 0 aromatic rings. The molecular formula is C12H20N2O2S. The van der Waals surface area contributed by atoms with E-state index in [1.807, 2.05) is 0 Å². The number of nitrogens with one attached hydrogen (secondary N) is 1. The molecule has 0 aromatic heterocycles. The van der Waals surface area contributed by atoms with Gasteiger partial charge in [-0.2, -0.15) is 17.5 Å². The van der Waals surface area contributed by atoms with E-state index in [1.165, 1.54) is 12.8 Å². The molecule has 1 spiro atoms. The fourth-order valence-corrected chi connectivity index (χ4v) is 5.27. The van der Waals surface area contributed by atoms with Gasteiger partial charge in [-0.1, -0.05) is 25.7 Å². The predicted molar refractivity (Wildman–Crippen MR) is 67.3 cm³/mol. The Bertz CT molecular complexity index is 435. The first kappa shape index (κ1) is 11.7. The Morgan fingerprint density at radius 1 is 1.12 bits per heavy atom. The van der Waals surface area contributed by atoms with E-state index in [1.54, 1.807) is 0 Å². The summed E-state index contributed by atoms with van der Waals surface area (Å²) >= 11 is 0. The molecule has 96 valence electrons. The first-order valence-corrected chi connectivity index (χ1v) is 8.18. The number of hydrogen-bond donors (Lipinski definition) is 1. The molecule has 3 aliphatic rings. The lowest BCUT2D eigenvalue weighted by Gasteiger charge is -2.47. The minimum Gasteiger partial charge on any atom is -0.189 e. The Morgan fingerprint density at radius 3 is 2.65 bits per heavy atom. The fraction of sp³-hybridized carbons (Fsp3) is 0.917. The van der Waals surface area contributed by atoms with E-state index in [0.29, 0.717) is 5.92 Å². The zero-order chi connectivity index (χ0) is 11.9. The van der Waals surface area contributed by atoms with Crippen molar-refractivity contribution < 1.29 is 8.42 Å². The average molecular weight is 256 g/mol. The minimum atomic E-state index is -3.42. The number of fused-ring (bicyclic) bond motifs is 2. The predicted octanol–water partition coefficient (Wildman–Crippen LogP) is 2.17. The molecule has 0 amide bonds. The Balaban J connectivity index is 2.01. The van der Waals surface area contributed by atoms with Crippen molar-refractivity contribution in [2.24, 2.45) is 10.3 Å². The molecule has 1 N–H and O–H groups in total. The summed E-state index contributed by atoms with van der Waals surface area (Å²) in [5.74, 6) is 0.375. The van der Waals surface area contributed by atoms with Gasteiger partial charge in [-0.25, -0.2) is 0 Å². The van der Waals surface area contributed by atoms with Crippen LogP contribution >= 0.6 is 0 Å². The first-order chi connectivity index (χ1) is 8.11. The molecule has 1 atom stereocenters. The molecule has 0 aromatic carbocycles. The van der Waals surface area contributed by atoms with Crippen LogP contribution < -0.4 is 4.72 Å². The summed E-state index contributed by atoms with van der Waals surface area (Å²) in [6.07, 6.45) is 9.83. The number of hydrogen-bond acceptors (Lipinski definition) is 2. The SMILES string of the molecule is O=S1(=O)N=C2CCCCC2C2(CCCCC2)N1. The summed E-state index contributed by atoms with van der Waals surface area (Å²) in [7, 11) is -3.42. The van der Waals surface area contributed by atoms with E-state index in [2.05, 4.69) is 9.12 Å². The maximum Gasteiger partial charge on any atom is 0.320 e. The molecular weight excluding hydrogens is 236 g/mol. The van der Waals surface area contributed by atoms with Gasteiger partial charge in [0.05, 0.1) is 0 Å². The van der Waals surface area contributed by atoms with Gasteiger partial charge in [0, 0.05) is 17.2 Å². The highest BCUT2D eigenvalue weighted by Crippen LogP contribution is 2.43. The van der Waals surface area contributed by atoms with Gasteiger partial charge < -0.3 is 0 Å². The van der Waals surface area contributed by atoms with Gasteiger partial charge in [-0.15, -0.1) is 0 Å². The third kappa shape index (κ3) is 2.03. The Labute approximate surface area is 103 Å². The molecule has 1 heterocycles. The van der Waals surface area contributed by atoms with E-state index in [9.17, 15) is 8.42 Å². The van der Waals surface area contributed by atoms with E-state index >= 15 is 0 Å². The molecule has 2 aliphatic carbocycles. The van der Waals surface area contributed by atoms with Gasteiger partial charge in [0.25, 0.3) is 0 Å². The van der Waals surface area contributed by atoms with Crippen LogP contribution in [0, 0.1) is 5.92 Å². The molecule has 1 aliphatic heterocycles. The zero-order valence-electron chi connectivity index (χ0n) is 10.1. The summed E-state index contributed by atoms with van der Waals surface area (Å²) in [6, 6.07) is 0. The van der Waals surface area contributed by atoms with Crippen LogP contribution in [0.15, 0.2) is 4.40 Å². The van der Waals surface area contributed by atoms with Crippen LogP contribution in [0.2, 0.25) is 0 Å². The second kappa shape index (κ2) is 4.05. The van der Waals surface area contributed by atoms with Crippen LogP contribution in [0.1, 0.15) is 57.8 Å². The van der Waals surface area contributed by atoms with E-state index in [4.69, 9.17) is 0 Å². The van der Waals surface area contributed by atoms with Crippen molar-refractivity contribution in [2.45, 2.75) is 63.3 Å². The van der Waals surface area contributed by atoms with Crippen LogP contribution in [-0.4, -0.2) is 19.7 Å². The third-order valence-electron chi connectivity index (χ3n) is 4.56. The van der Waals surface area contributed by atoms with Gasteiger partial charge in [-0.05, 0) is 32.1 Å².